The lowest BCUT2D eigenvalue weighted by atomic mass is 10.4. The molecule has 0 fully saturated rings. The lowest BCUT2D eigenvalue weighted by molar-refractivity contribution is 0.234. The van der Waals surface area contributed by atoms with E-state index in [0.717, 1.165) is 17.1 Å². The topological polar surface area (TPSA) is 18.5 Å². The minimum Gasteiger partial charge on any atom is -0.428 e. The summed E-state index contributed by atoms with van der Waals surface area (Å²) < 4.78 is 9.49. The molecule has 0 radical (unpaired) electrons. The van der Waals surface area contributed by atoms with Gasteiger partial charge in [-0.2, -0.15) is 0 Å². The first-order valence-corrected chi connectivity index (χ1v) is 4.73. The van der Waals surface area contributed by atoms with E-state index in [2.05, 4.69) is 18.2 Å². The van der Waals surface area contributed by atoms with Crippen molar-refractivity contribution in [1.82, 2.24) is 0 Å². The van der Waals surface area contributed by atoms with Crippen molar-refractivity contribution in [2.24, 2.45) is 0 Å². The summed E-state index contributed by atoms with van der Waals surface area (Å²) in [6.07, 6.45) is 4.19. The molecule has 0 unspecified atom stereocenters. The molecule has 68 valence electrons. The zero-order chi connectivity index (χ0) is 8.95. The van der Waals surface area contributed by atoms with Gasteiger partial charge in [0.2, 0.25) is 0 Å². The van der Waals surface area contributed by atoms with Crippen LogP contribution in [0.25, 0.3) is 0 Å². The summed E-state index contributed by atoms with van der Waals surface area (Å²) in [7, 11) is 2.54. The van der Waals surface area contributed by atoms with Crippen LogP contribution in [0.5, 0.6) is 0 Å². The van der Waals surface area contributed by atoms with Crippen LogP contribution < -0.4 is 0 Å². The van der Waals surface area contributed by atoms with Crippen LogP contribution in [0, 0.1) is 0 Å². The van der Waals surface area contributed by atoms with Crippen LogP contribution in [0.3, 0.4) is 0 Å². The molecular weight excluding hydrogens is 156 g/mol. The van der Waals surface area contributed by atoms with Crippen LogP contribution in [0.2, 0.25) is 0 Å². The average molecular weight is 176 g/mol. The predicted octanol–water partition coefficient (Wildman–Crippen LogP) is 0.902. The summed E-state index contributed by atoms with van der Waals surface area (Å²) in [5, 5.41) is 0. The summed E-state index contributed by atoms with van der Waals surface area (Å²) in [6, 6.07) is 0. The SMILES string of the molecule is C=CCOC.CCCCO[SiH3]. The second kappa shape index (κ2) is 16.5. The highest BCUT2D eigenvalue weighted by Gasteiger charge is 1.74. The van der Waals surface area contributed by atoms with Crippen molar-refractivity contribution in [1.29, 1.82) is 0 Å². The molecule has 0 atom stereocenters. The fourth-order valence-corrected chi connectivity index (χ4v) is 0.695. The van der Waals surface area contributed by atoms with Gasteiger partial charge in [-0.05, 0) is 6.42 Å². The van der Waals surface area contributed by atoms with E-state index in [4.69, 9.17) is 4.43 Å². The third kappa shape index (κ3) is 25.8. The molecule has 0 aromatic carbocycles. The molecule has 0 aromatic heterocycles. The largest absolute Gasteiger partial charge is 0.428 e. The first kappa shape index (κ1) is 13.5. The van der Waals surface area contributed by atoms with Crippen molar-refractivity contribution in [3.05, 3.63) is 12.7 Å². The highest BCUT2D eigenvalue weighted by atomic mass is 28.2. The zero-order valence-electron chi connectivity index (χ0n) is 7.93. The van der Waals surface area contributed by atoms with E-state index in [9.17, 15) is 0 Å². The van der Waals surface area contributed by atoms with Crippen molar-refractivity contribution >= 4 is 10.5 Å². The third-order valence-corrected chi connectivity index (χ3v) is 1.39. The molecule has 0 spiro atoms. The van der Waals surface area contributed by atoms with Crippen LogP contribution in [-0.4, -0.2) is 30.8 Å². The van der Waals surface area contributed by atoms with E-state index in [-0.39, 0.29) is 0 Å². The normalized spacial score (nSPS) is 8.55. The quantitative estimate of drug-likeness (QED) is 0.352. The standard InChI is InChI=1S/C4H12OSi.C4H8O/c1-2-3-4-5-6;1-3-4-5-2/h2-4H2,1,6H3;3H,1,4H2,2H3. The van der Waals surface area contributed by atoms with Gasteiger partial charge in [-0.15, -0.1) is 6.58 Å². The molecule has 0 bridgehead atoms. The lowest BCUT2D eigenvalue weighted by Gasteiger charge is -1.90. The fraction of sp³-hybridized carbons (Fsp3) is 0.750. The Bertz CT molecular complexity index is 63.1. The van der Waals surface area contributed by atoms with Crippen molar-refractivity contribution in [3.8, 4) is 0 Å². The second-order valence-electron chi connectivity index (χ2n) is 2.09. The molecule has 0 N–H and O–H groups in total. The minimum absolute atomic E-state index is 0.653. The van der Waals surface area contributed by atoms with Gasteiger partial charge in [0.15, 0.2) is 0 Å². The lowest BCUT2D eigenvalue weighted by Crippen LogP contribution is -1.85. The summed E-state index contributed by atoms with van der Waals surface area (Å²) >= 11 is 0. The van der Waals surface area contributed by atoms with E-state index >= 15 is 0 Å². The maximum absolute atomic E-state index is 4.92. The van der Waals surface area contributed by atoms with Crippen molar-refractivity contribution < 1.29 is 9.16 Å². The Morgan fingerprint density at radius 3 is 2.27 bits per heavy atom. The Morgan fingerprint density at radius 1 is 1.55 bits per heavy atom. The van der Waals surface area contributed by atoms with Gasteiger partial charge in [0, 0.05) is 13.7 Å². The fourth-order valence-electron chi connectivity index (χ4n) is 0.407. The molecule has 2 nitrogen and oxygen atoms in total. The Hall–Kier alpha value is -0.123. The number of ether oxygens (including phenoxy) is 1. The first-order chi connectivity index (χ1) is 5.33. The van der Waals surface area contributed by atoms with Crippen LogP contribution >= 0.6 is 0 Å². The summed E-state index contributed by atoms with van der Waals surface area (Å²) in [4.78, 5) is 0. The van der Waals surface area contributed by atoms with Gasteiger partial charge in [-0.1, -0.05) is 19.4 Å². The van der Waals surface area contributed by atoms with E-state index < -0.39 is 0 Å². The number of methoxy groups -OCH3 is 1. The summed E-state index contributed by atoms with van der Waals surface area (Å²) in [6.45, 7) is 7.22. The molecule has 3 heteroatoms. The Kier molecular flexibility index (Phi) is 20.1. The molecule has 0 aliphatic carbocycles. The Balaban J connectivity index is 0. The first-order valence-electron chi connectivity index (χ1n) is 3.92. The molecular formula is C8H20O2Si. The van der Waals surface area contributed by atoms with Crippen molar-refractivity contribution in [3.63, 3.8) is 0 Å². The number of rotatable bonds is 5. The van der Waals surface area contributed by atoms with Crippen LogP contribution in [0.4, 0.5) is 0 Å². The maximum Gasteiger partial charge on any atom is 0.145 e. The van der Waals surface area contributed by atoms with Gasteiger partial charge in [0.25, 0.3) is 0 Å². The average Bonchev–Trinajstić information content (AvgIpc) is 2.04. The minimum atomic E-state index is 0.653. The van der Waals surface area contributed by atoms with Gasteiger partial charge in [-0.25, -0.2) is 0 Å². The van der Waals surface area contributed by atoms with Gasteiger partial charge in [-0.3, -0.25) is 0 Å². The van der Waals surface area contributed by atoms with E-state index in [1.807, 2.05) is 0 Å². The number of hydrogen-bond acceptors (Lipinski definition) is 2. The molecule has 0 heterocycles. The van der Waals surface area contributed by atoms with E-state index in [1.54, 1.807) is 13.2 Å². The summed E-state index contributed by atoms with van der Waals surface area (Å²) in [5.74, 6) is 0. The highest BCUT2D eigenvalue weighted by Crippen LogP contribution is 1.82. The van der Waals surface area contributed by atoms with Crippen LogP contribution in [-0.2, 0) is 9.16 Å². The molecule has 0 aliphatic heterocycles. The third-order valence-electron chi connectivity index (χ3n) is 0.987. The molecule has 0 aromatic rings. The Morgan fingerprint density at radius 2 is 2.18 bits per heavy atom. The highest BCUT2D eigenvalue weighted by molar-refractivity contribution is 5.97. The van der Waals surface area contributed by atoms with Crippen LogP contribution in [0.1, 0.15) is 19.8 Å². The predicted molar refractivity (Wildman–Crippen MR) is 52.9 cm³/mol. The maximum atomic E-state index is 4.92. The molecule has 0 saturated heterocycles. The van der Waals surface area contributed by atoms with Crippen molar-refractivity contribution in [2.75, 3.05) is 20.3 Å². The van der Waals surface area contributed by atoms with Gasteiger partial charge in [0.1, 0.15) is 10.5 Å². The van der Waals surface area contributed by atoms with Crippen LogP contribution in [0.15, 0.2) is 12.7 Å². The number of hydrogen-bond donors (Lipinski definition) is 0. The van der Waals surface area contributed by atoms with Gasteiger partial charge < -0.3 is 9.16 Å². The van der Waals surface area contributed by atoms with Gasteiger partial charge >= 0.3 is 0 Å². The zero-order valence-corrected chi connectivity index (χ0v) is 9.93. The molecule has 0 rings (SSSR count). The molecule has 0 saturated carbocycles. The second-order valence-corrected chi connectivity index (χ2v) is 2.67. The number of unbranched alkanes of at least 4 members (excludes halogenated alkanes) is 1. The van der Waals surface area contributed by atoms with Crippen molar-refractivity contribution in [2.45, 2.75) is 19.8 Å². The molecule has 11 heavy (non-hydrogen) atoms. The molecule has 0 amide bonds. The smallest absolute Gasteiger partial charge is 0.145 e. The van der Waals surface area contributed by atoms with E-state index in [1.165, 1.54) is 12.8 Å². The molecule has 0 aliphatic rings. The Labute approximate surface area is 73.1 Å². The van der Waals surface area contributed by atoms with Gasteiger partial charge in [0.05, 0.1) is 6.61 Å². The summed E-state index contributed by atoms with van der Waals surface area (Å²) in [5.41, 5.74) is 0. The van der Waals surface area contributed by atoms with E-state index in [0.29, 0.717) is 6.61 Å². The monoisotopic (exact) mass is 176 g/mol.